The molecule has 1 amide bonds. The van der Waals surface area contributed by atoms with Gasteiger partial charge in [0.15, 0.2) is 0 Å². The van der Waals surface area contributed by atoms with Crippen LogP contribution in [-0.2, 0) is 4.79 Å². The zero-order chi connectivity index (χ0) is 14.9. The normalized spacial score (nSPS) is 22.6. The van der Waals surface area contributed by atoms with Gasteiger partial charge >= 0.3 is 5.97 Å². The Hall–Kier alpha value is -1.75. The molecule has 6 heteroatoms. The van der Waals surface area contributed by atoms with Gasteiger partial charge in [-0.3, -0.25) is 9.59 Å². The molecule has 1 unspecified atom stereocenters. The predicted molar refractivity (Wildman–Crippen MR) is 77.2 cm³/mol. The fourth-order valence-corrected chi connectivity index (χ4v) is 2.76. The number of carboxylic acid groups (broad SMARTS) is 1. The number of hydrogen-bond acceptors (Lipinski definition) is 3. The molecule has 1 saturated heterocycles. The Kier molecular flexibility index (Phi) is 3.90. The van der Waals surface area contributed by atoms with E-state index in [1.807, 2.05) is 4.90 Å². The molecule has 0 aliphatic carbocycles. The molecule has 5 nitrogen and oxygen atoms in total. The molecule has 0 radical (unpaired) electrons. The Balaban J connectivity index is 2.38. The number of carbonyl (C=O) groups is 2. The number of anilines is 1. The fourth-order valence-electron chi connectivity index (χ4n) is 2.59. The lowest BCUT2D eigenvalue weighted by Gasteiger charge is -2.39. The quantitative estimate of drug-likeness (QED) is 0.895. The molecule has 1 heterocycles. The van der Waals surface area contributed by atoms with Crippen molar-refractivity contribution in [2.24, 2.45) is 11.1 Å². The number of hydrogen-bond donors (Lipinski definition) is 2. The zero-order valence-electron chi connectivity index (χ0n) is 11.2. The summed E-state index contributed by atoms with van der Waals surface area (Å²) in [4.78, 5) is 24.8. The lowest BCUT2D eigenvalue weighted by atomic mass is 9.81. The van der Waals surface area contributed by atoms with E-state index >= 15 is 0 Å². The molecule has 2 rings (SSSR count). The van der Waals surface area contributed by atoms with E-state index < -0.39 is 17.3 Å². The van der Waals surface area contributed by atoms with Crippen LogP contribution in [-0.4, -0.2) is 30.1 Å². The van der Waals surface area contributed by atoms with Gasteiger partial charge in [-0.15, -0.1) is 0 Å². The highest BCUT2D eigenvalue weighted by Crippen LogP contribution is 2.34. The maximum Gasteiger partial charge on any atom is 0.311 e. The largest absolute Gasteiger partial charge is 0.481 e. The van der Waals surface area contributed by atoms with E-state index in [4.69, 9.17) is 17.3 Å². The third-order valence-electron chi connectivity index (χ3n) is 3.78. The van der Waals surface area contributed by atoms with Crippen molar-refractivity contribution in [2.75, 3.05) is 18.0 Å². The van der Waals surface area contributed by atoms with Gasteiger partial charge in [-0.05, 0) is 38.0 Å². The Morgan fingerprint density at radius 1 is 1.45 bits per heavy atom. The van der Waals surface area contributed by atoms with Crippen LogP contribution in [0.2, 0.25) is 5.02 Å². The van der Waals surface area contributed by atoms with Crippen LogP contribution in [0.1, 0.15) is 30.1 Å². The van der Waals surface area contributed by atoms with Gasteiger partial charge < -0.3 is 15.7 Å². The lowest BCUT2D eigenvalue weighted by Crippen LogP contribution is -2.46. The van der Waals surface area contributed by atoms with Gasteiger partial charge in [0.1, 0.15) is 0 Å². The van der Waals surface area contributed by atoms with Gasteiger partial charge in [-0.1, -0.05) is 11.6 Å². The van der Waals surface area contributed by atoms with Gasteiger partial charge in [0.2, 0.25) is 0 Å². The van der Waals surface area contributed by atoms with E-state index in [2.05, 4.69) is 0 Å². The highest BCUT2D eigenvalue weighted by Gasteiger charge is 2.38. The van der Waals surface area contributed by atoms with Gasteiger partial charge in [0.25, 0.3) is 5.91 Å². The molecule has 3 N–H and O–H groups in total. The van der Waals surface area contributed by atoms with Crippen LogP contribution in [0, 0.1) is 5.41 Å². The highest BCUT2D eigenvalue weighted by molar-refractivity contribution is 6.31. The van der Waals surface area contributed by atoms with Crippen molar-refractivity contribution in [3.63, 3.8) is 0 Å². The lowest BCUT2D eigenvalue weighted by molar-refractivity contribution is -0.148. The minimum atomic E-state index is -0.829. The topological polar surface area (TPSA) is 83.6 Å². The van der Waals surface area contributed by atoms with Gasteiger partial charge in [-0.2, -0.15) is 0 Å². The number of rotatable bonds is 3. The minimum Gasteiger partial charge on any atom is -0.481 e. The first-order valence-electron chi connectivity index (χ1n) is 6.41. The van der Waals surface area contributed by atoms with Crippen molar-refractivity contribution < 1.29 is 14.7 Å². The number of nitrogens with zero attached hydrogens (tertiary/aromatic N) is 1. The van der Waals surface area contributed by atoms with Crippen molar-refractivity contribution in [3.05, 3.63) is 28.8 Å². The zero-order valence-corrected chi connectivity index (χ0v) is 12.0. The van der Waals surface area contributed by atoms with Crippen LogP contribution in [0.5, 0.6) is 0 Å². The molecule has 0 spiro atoms. The summed E-state index contributed by atoms with van der Waals surface area (Å²) in [7, 11) is 0. The van der Waals surface area contributed by atoms with Crippen LogP contribution < -0.4 is 10.6 Å². The molecule has 1 aliphatic rings. The van der Waals surface area contributed by atoms with E-state index in [0.717, 1.165) is 6.42 Å². The van der Waals surface area contributed by atoms with Crippen molar-refractivity contribution in [2.45, 2.75) is 19.8 Å². The molecule has 1 aliphatic heterocycles. The number of halogens is 1. The molecule has 1 aromatic carbocycles. The van der Waals surface area contributed by atoms with Crippen molar-refractivity contribution in [1.29, 1.82) is 0 Å². The smallest absolute Gasteiger partial charge is 0.311 e. The van der Waals surface area contributed by atoms with Crippen molar-refractivity contribution in [3.8, 4) is 0 Å². The minimum absolute atomic E-state index is 0.336. The number of piperidine rings is 1. The van der Waals surface area contributed by atoms with E-state index in [0.29, 0.717) is 35.8 Å². The average molecular weight is 297 g/mol. The van der Waals surface area contributed by atoms with Crippen molar-refractivity contribution in [1.82, 2.24) is 0 Å². The van der Waals surface area contributed by atoms with Crippen LogP contribution in [0.3, 0.4) is 0 Å². The summed E-state index contributed by atoms with van der Waals surface area (Å²) in [6.07, 6.45) is 1.36. The molecular formula is C14H17ClN2O3. The Bertz CT molecular complexity index is 561. The molecule has 0 aromatic heterocycles. The van der Waals surface area contributed by atoms with E-state index in [9.17, 15) is 14.7 Å². The number of amides is 1. The van der Waals surface area contributed by atoms with Gasteiger partial charge in [0.05, 0.1) is 16.7 Å². The summed E-state index contributed by atoms with van der Waals surface area (Å²) in [6, 6.07) is 4.84. The first kappa shape index (κ1) is 14.7. The summed E-state index contributed by atoms with van der Waals surface area (Å²) in [5, 5.41) is 9.84. The molecule has 1 atom stereocenters. The summed E-state index contributed by atoms with van der Waals surface area (Å²) >= 11 is 5.98. The van der Waals surface area contributed by atoms with Gasteiger partial charge in [-0.25, -0.2) is 0 Å². The molecule has 108 valence electrons. The third-order valence-corrected chi connectivity index (χ3v) is 4.01. The monoisotopic (exact) mass is 296 g/mol. The second-order valence-corrected chi connectivity index (χ2v) is 5.85. The van der Waals surface area contributed by atoms with E-state index in [1.165, 1.54) is 0 Å². The number of aliphatic carboxylic acids is 1. The van der Waals surface area contributed by atoms with Crippen LogP contribution in [0.4, 0.5) is 5.69 Å². The Morgan fingerprint density at radius 3 is 2.75 bits per heavy atom. The van der Waals surface area contributed by atoms with Crippen molar-refractivity contribution >= 4 is 29.2 Å². The third kappa shape index (κ3) is 2.72. The van der Waals surface area contributed by atoms with Crippen LogP contribution in [0.15, 0.2) is 18.2 Å². The number of benzene rings is 1. The Morgan fingerprint density at radius 2 is 2.15 bits per heavy atom. The molecule has 1 aromatic rings. The maximum absolute atomic E-state index is 11.5. The van der Waals surface area contributed by atoms with E-state index in [1.54, 1.807) is 25.1 Å². The molecular weight excluding hydrogens is 280 g/mol. The summed E-state index contributed by atoms with van der Waals surface area (Å²) < 4.78 is 0. The molecule has 0 saturated carbocycles. The Labute approximate surface area is 122 Å². The maximum atomic E-state index is 11.5. The van der Waals surface area contributed by atoms with Crippen LogP contribution >= 0.6 is 11.6 Å². The second-order valence-electron chi connectivity index (χ2n) is 5.42. The number of primary amides is 1. The number of nitrogens with two attached hydrogens (primary N) is 1. The molecule has 0 bridgehead atoms. The first-order valence-corrected chi connectivity index (χ1v) is 6.79. The second kappa shape index (κ2) is 5.32. The van der Waals surface area contributed by atoms with Crippen LogP contribution in [0.25, 0.3) is 0 Å². The molecule has 20 heavy (non-hydrogen) atoms. The SMILES string of the molecule is CC1(C(=O)O)CCCN(c2cc(Cl)ccc2C(N)=O)C1. The first-order chi connectivity index (χ1) is 9.33. The average Bonchev–Trinajstić information content (AvgIpc) is 2.38. The van der Waals surface area contributed by atoms with Gasteiger partial charge in [0, 0.05) is 18.1 Å². The molecule has 1 fully saturated rings. The standard InChI is InChI=1S/C14H17ClN2O3/c1-14(13(19)20)5-2-6-17(8-14)11-7-9(15)3-4-10(11)12(16)18/h3-4,7H,2,5-6,8H2,1H3,(H2,16,18)(H,19,20). The number of carbonyl (C=O) groups excluding carboxylic acids is 1. The summed E-state index contributed by atoms with van der Waals surface area (Å²) in [5.74, 6) is -1.37. The highest BCUT2D eigenvalue weighted by atomic mass is 35.5. The number of carboxylic acids is 1. The predicted octanol–water partition coefficient (Wildman–Crippen LogP) is 2.13. The van der Waals surface area contributed by atoms with E-state index in [-0.39, 0.29) is 0 Å². The summed E-state index contributed by atoms with van der Waals surface area (Å²) in [5.41, 5.74) is 5.52. The fraction of sp³-hybridized carbons (Fsp3) is 0.429. The summed E-state index contributed by atoms with van der Waals surface area (Å²) in [6.45, 7) is 2.74.